The Morgan fingerprint density at radius 2 is 1.95 bits per heavy atom. The zero-order valence-corrected chi connectivity index (χ0v) is 12.6. The third-order valence-electron chi connectivity index (χ3n) is 4.77. The van der Waals surface area contributed by atoms with E-state index in [0.717, 1.165) is 6.54 Å². The molecule has 0 aromatic heterocycles. The summed E-state index contributed by atoms with van der Waals surface area (Å²) >= 11 is 0. The summed E-state index contributed by atoms with van der Waals surface area (Å²) in [6.45, 7) is 10.9. The molecule has 3 rings (SSSR count). The number of benzene rings is 1. The van der Waals surface area contributed by atoms with Crippen molar-refractivity contribution in [1.29, 1.82) is 0 Å². The van der Waals surface area contributed by atoms with Gasteiger partial charge < -0.3 is 15.1 Å². The van der Waals surface area contributed by atoms with Gasteiger partial charge in [0.1, 0.15) is 0 Å². The van der Waals surface area contributed by atoms with Crippen LogP contribution in [-0.4, -0.2) is 50.7 Å². The second-order valence-corrected chi connectivity index (χ2v) is 6.69. The predicted octanol–water partition coefficient (Wildman–Crippen LogP) is 2.20. The summed E-state index contributed by atoms with van der Waals surface area (Å²) in [7, 11) is 0. The van der Waals surface area contributed by atoms with Gasteiger partial charge in [0.15, 0.2) is 0 Å². The standard InChI is InChI=1S/C17H27N3/c1-17(8-9-18-14-17)15-19-10-5-11-20(13-12-19)16-6-3-2-4-7-16/h2-4,6-7,18H,5,8-15H2,1H3. The Balaban J connectivity index is 1.57. The quantitative estimate of drug-likeness (QED) is 0.911. The molecule has 0 spiro atoms. The highest BCUT2D eigenvalue weighted by Gasteiger charge is 2.31. The van der Waals surface area contributed by atoms with Gasteiger partial charge in [0, 0.05) is 38.4 Å². The van der Waals surface area contributed by atoms with Crippen LogP contribution in [-0.2, 0) is 0 Å². The van der Waals surface area contributed by atoms with E-state index in [1.165, 1.54) is 57.8 Å². The first-order valence-electron chi connectivity index (χ1n) is 7.98. The van der Waals surface area contributed by atoms with E-state index in [2.05, 4.69) is 52.4 Å². The minimum absolute atomic E-state index is 0.488. The number of nitrogens with one attached hydrogen (secondary N) is 1. The first-order valence-corrected chi connectivity index (χ1v) is 7.98. The molecule has 0 radical (unpaired) electrons. The van der Waals surface area contributed by atoms with Crippen molar-refractivity contribution in [2.75, 3.05) is 50.7 Å². The van der Waals surface area contributed by atoms with Gasteiger partial charge >= 0.3 is 0 Å². The Morgan fingerprint density at radius 1 is 1.10 bits per heavy atom. The summed E-state index contributed by atoms with van der Waals surface area (Å²) in [6.07, 6.45) is 2.60. The average Bonchev–Trinajstić information content (AvgIpc) is 2.76. The van der Waals surface area contributed by atoms with E-state index < -0.39 is 0 Å². The SMILES string of the molecule is CC1(CN2CCCN(c3ccccc3)CC2)CCNC1. The maximum Gasteiger partial charge on any atom is 0.0366 e. The summed E-state index contributed by atoms with van der Waals surface area (Å²) in [5, 5.41) is 3.52. The molecule has 0 bridgehead atoms. The second kappa shape index (κ2) is 6.15. The Kier molecular flexibility index (Phi) is 4.27. The van der Waals surface area contributed by atoms with Crippen molar-refractivity contribution in [3.05, 3.63) is 30.3 Å². The fourth-order valence-corrected chi connectivity index (χ4v) is 3.57. The lowest BCUT2D eigenvalue weighted by atomic mass is 9.89. The lowest BCUT2D eigenvalue weighted by Crippen LogP contribution is -2.39. The summed E-state index contributed by atoms with van der Waals surface area (Å²) in [5.41, 5.74) is 1.87. The lowest BCUT2D eigenvalue weighted by molar-refractivity contribution is 0.187. The molecule has 0 saturated carbocycles. The van der Waals surface area contributed by atoms with E-state index in [0.29, 0.717) is 5.41 Å². The van der Waals surface area contributed by atoms with Crippen LogP contribution < -0.4 is 10.2 Å². The van der Waals surface area contributed by atoms with Crippen LogP contribution >= 0.6 is 0 Å². The fourth-order valence-electron chi connectivity index (χ4n) is 3.57. The molecular weight excluding hydrogens is 246 g/mol. The Hall–Kier alpha value is -1.06. The molecule has 2 heterocycles. The molecule has 1 aromatic rings. The highest BCUT2D eigenvalue weighted by atomic mass is 15.2. The van der Waals surface area contributed by atoms with E-state index in [9.17, 15) is 0 Å². The van der Waals surface area contributed by atoms with Crippen LogP contribution in [0.4, 0.5) is 5.69 Å². The average molecular weight is 273 g/mol. The van der Waals surface area contributed by atoms with E-state index in [1.807, 2.05) is 0 Å². The van der Waals surface area contributed by atoms with Crippen LogP contribution in [0.2, 0.25) is 0 Å². The minimum Gasteiger partial charge on any atom is -0.370 e. The Bertz CT molecular complexity index is 412. The third-order valence-corrected chi connectivity index (χ3v) is 4.77. The van der Waals surface area contributed by atoms with Crippen molar-refractivity contribution in [3.8, 4) is 0 Å². The molecular formula is C17H27N3. The van der Waals surface area contributed by atoms with Gasteiger partial charge in [0.25, 0.3) is 0 Å². The second-order valence-electron chi connectivity index (χ2n) is 6.69. The van der Waals surface area contributed by atoms with Crippen LogP contribution in [0.3, 0.4) is 0 Å². The molecule has 3 heteroatoms. The molecule has 2 saturated heterocycles. The van der Waals surface area contributed by atoms with Crippen molar-refractivity contribution in [3.63, 3.8) is 0 Å². The van der Waals surface area contributed by atoms with Gasteiger partial charge in [0.2, 0.25) is 0 Å². The fraction of sp³-hybridized carbons (Fsp3) is 0.647. The number of hydrogen-bond acceptors (Lipinski definition) is 3. The summed E-state index contributed by atoms with van der Waals surface area (Å²) < 4.78 is 0. The van der Waals surface area contributed by atoms with Crippen molar-refractivity contribution >= 4 is 5.69 Å². The van der Waals surface area contributed by atoms with Gasteiger partial charge in [-0.15, -0.1) is 0 Å². The smallest absolute Gasteiger partial charge is 0.0366 e. The first-order chi connectivity index (χ1) is 9.75. The van der Waals surface area contributed by atoms with Crippen molar-refractivity contribution in [1.82, 2.24) is 10.2 Å². The van der Waals surface area contributed by atoms with Gasteiger partial charge in [-0.2, -0.15) is 0 Å². The molecule has 110 valence electrons. The Labute approximate surface area is 123 Å². The van der Waals surface area contributed by atoms with Gasteiger partial charge in [0.05, 0.1) is 0 Å². The molecule has 0 amide bonds. The minimum atomic E-state index is 0.488. The summed E-state index contributed by atoms with van der Waals surface area (Å²) in [6, 6.07) is 10.9. The van der Waals surface area contributed by atoms with Gasteiger partial charge in [-0.3, -0.25) is 0 Å². The monoisotopic (exact) mass is 273 g/mol. The maximum absolute atomic E-state index is 3.52. The van der Waals surface area contributed by atoms with Crippen molar-refractivity contribution in [2.24, 2.45) is 5.41 Å². The lowest BCUT2D eigenvalue weighted by Gasteiger charge is -2.31. The molecule has 0 aliphatic carbocycles. The molecule has 20 heavy (non-hydrogen) atoms. The largest absolute Gasteiger partial charge is 0.370 e. The highest BCUT2D eigenvalue weighted by molar-refractivity contribution is 5.46. The molecule has 1 unspecified atom stereocenters. The van der Waals surface area contributed by atoms with Crippen LogP contribution in [0, 0.1) is 5.41 Å². The topological polar surface area (TPSA) is 18.5 Å². The number of para-hydroxylation sites is 1. The first kappa shape index (κ1) is 13.9. The summed E-state index contributed by atoms with van der Waals surface area (Å²) in [5.74, 6) is 0. The van der Waals surface area contributed by atoms with Gasteiger partial charge in [-0.1, -0.05) is 25.1 Å². The molecule has 1 atom stereocenters. The molecule has 2 aliphatic rings. The third kappa shape index (κ3) is 3.33. The number of nitrogens with zero attached hydrogens (tertiary/aromatic N) is 2. The van der Waals surface area contributed by atoms with E-state index in [4.69, 9.17) is 0 Å². The maximum atomic E-state index is 3.52. The number of anilines is 1. The zero-order chi connectivity index (χ0) is 13.8. The normalized spacial score (nSPS) is 28.6. The van der Waals surface area contributed by atoms with Crippen LogP contribution in [0.1, 0.15) is 19.8 Å². The number of rotatable bonds is 3. The van der Waals surface area contributed by atoms with Gasteiger partial charge in [-0.25, -0.2) is 0 Å². The van der Waals surface area contributed by atoms with Gasteiger partial charge in [-0.05, 0) is 43.5 Å². The van der Waals surface area contributed by atoms with Crippen LogP contribution in [0.5, 0.6) is 0 Å². The predicted molar refractivity (Wildman–Crippen MR) is 85.3 cm³/mol. The molecule has 1 N–H and O–H groups in total. The van der Waals surface area contributed by atoms with Crippen LogP contribution in [0.15, 0.2) is 30.3 Å². The molecule has 2 fully saturated rings. The van der Waals surface area contributed by atoms with Crippen molar-refractivity contribution < 1.29 is 0 Å². The van der Waals surface area contributed by atoms with E-state index in [1.54, 1.807) is 0 Å². The molecule has 2 aliphatic heterocycles. The van der Waals surface area contributed by atoms with E-state index >= 15 is 0 Å². The summed E-state index contributed by atoms with van der Waals surface area (Å²) in [4.78, 5) is 5.21. The van der Waals surface area contributed by atoms with Crippen LogP contribution in [0.25, 0.3) is 0 Å². The highest BCUT2D eigenvalue weighted by Crippen LogP contribution is 2.26. The molecule has 1 aromatic carbocycles. The number of hydrogen-bond donors (Lipinski definition) is 1. The Morgan fingerprint density at radius 3 is 2.70 bits per heavy atom. The van der Waals surface area contributed by atoms with Crippen molar-refractivity contribution in [2.45, 2.75) is 19.8 Å². The van der Waals surface area contributed by atoms with E-state index in [-0.39, 0.29) is 0 Å². The molecule has 3 nitrogen and oxygen atoms in total. The zero-order valence-electron chi connectivity index (χ0n) is 12.6.